The fraction of sp³-hybridized carbons (Fsp3) is 0.571. The second-order valence-corrected chi connectivity index (χ2v) is 7.85. The topological polar surface area (TPSA) is 29.3 Å². The standard InChI is InChI=1S/C14H20Cl2N2S/c1-9-7-18(8-10(2)19-9)14(6-17)12-4-3-11(15)5-13(12)16/h3-5,9-10,14H,6-8,17H2,1-2H3. The molecule has 106 valence electrons. The third kappa shape index (κ3) is 3.79. The molecule has 1 fully saturated rings. The quantitative estimate of drug-likeness (QED) is 0.918. The molecule has 1 aliphatic rings. The molecule has 2 rings (SSSR count). The van der Waals surface area contributed by atoms with Crippen molar-refractivity contribution in [1.29, 1.82) is 0 Å². The number of rotatable bonds is 3. The molecular formula is C14H20Cl2N2S. The SMILES string of the molecule is CC1CN(C(CN)c2ccc(Cl)cc2Cl)CC(C)S1. The van der Waals surface area contributed by atoms with Crippen LogP contribution in [0.2, 0.25) is 10.0 Å². The van der Waals surface area contributed by atoms with E-state index in [0.717, 1.165) is 18.7 Å². The van der Waals surface area contributed by atoms with Gasteiger partial charge in [0.15, 0.2) is 0 Å². The van der Waals surface area contributed by atoms with Gasteiger partial charge in [0.05, 0.1) is 0 Å². The Balaban J connectivity index is 2.23. The number of halogens is 2. The zero-order valence-corrected chi connectivity index (χ0v) is 13.6. The normalized spacial score (nSPS) is 26.4. The maximum absolute atomic E-state index is 6.32. The summed E-state index contributed by atoms with van der Waals surface area (Å²) in [5.41, 5.74) is 7.08. The van der Waals surface area contributed by atoms with Crippen molar-refractivity contribution in [1.82, 2.24) is 4.90 Å². The first kappa shape index (κ1) is 15.5. The summed E-state index contributed by atoms with van der Waals surface area (Å²) in [6.07, 6.45) is 0. The molecule has 2 nitrogen and oxygen atoms in total. The van der Waals surface area contributed by atoms with Gasteiger partial charge in [0.2, 0.25) is 0 Å². The molecule has 1 heterocycles. The highest BCUT2D eigenvalue weighted by Crippen LogP contribution is 2.34. The minimum absolute atomic E-state index is 0.176. The highest BCUT2D eigenvalue weighted by atomic mass is 35.5. The average molecular weight is 319 g/mol. The molecular weight excluding hydrogens is 299 g/mol. The van der Waals surface area contributed by atoms with Gasteiger partial charge in [-0.1, -0.05) is 43.1 Å². The summed E-state index contributed by atoms with van der Waals surface area (Å²) in [6, 6.07) is 5.86. The smallest absolute Gasteiger partial charge is 0.0486 e. The molecule has 3 unspecified atom stereocenters. The third-order valence-electron chi connectivity index (χ3n) is 3.43. The number of hydrogen-bond donors (Lipinski definition) is 1. The average Bonchev–Trinajstić information content (AvgIpc) is 2.31. The molecule has 1 aromatic rings. The van der Waals surface area contributed by atoms with Crippen LogP contribution in [-0.2, 0) is 0 Å². The molecule has 1 saturated heterocycles. The Kier molecular flexibility index (Phi) is 5.44. The van der Waals surface area contributed by atoms with Crippen LogP contribution in [0.15, 0.2) is 18.2 Å². The lowest BCUT2D eigenvalue weighted by atomic mass is 10.0. The Hall–Kier alpha value is 0.0700. The first-order valence-electron chi connectivity index (χ1n) is 6.55. The molecule has 0 amide bonds. The number of benzene rings is 1. The van der Waals surface area contributed by atoms with Crippen molar-refractivity contribution in [2.24, 2.45) is 5.73 Å². The van der Waals surface area contributed by atoms with Gasteiger partial charge in [-0.3, -0.25) is 4.90 Å². The van der Waals surface area contributed by atoms with Gasteiger partial charge in [-0.05, 0) is 17.7 Å². The Bertz CT molecular complexity index is 431. The van der Waals surface area contributed by atoms with E-state index in [4.69, 9.17) is 28.9 Å². The van der Waals surface area contributed by atoms with Crippen LogP contribution in [0, 0.1) is 0 Å². The number of nitrogens with zero attached hydrogens (tertiary/aromatic N) is 1. The second-order valence-electron chi connectivity index (χ2n) is 5.13. The minimum Gasteiger partial charge on any atom is -0.329 e. The van der Waals surface area contributed by atoms with Gasteiger partial charge >= 0.3 is 0 Å². The van der Waals surface area contributed by atoms with Crippen LogP contribution in [0.5, 0.6) is 0 Å². The van der Waals surface area contributed by atoms with Crippen molar-refractivity contribution in [2.45, 2.75) is 30.4 Å². The van der Waals surface area contributed by atoms with E-state index in [1.807, 2.05) is 23.9 Å². The van der Waals surface area contributed by atoms with Gasteiger partial charge < -0.3 is 5.73 Å². The maximum atomic E-state index is 6.32. The largest absolute Gasteiger partial charge is 0.329 e. The lowest BCUT2D eigenvalue weighted by molar-refractivity contribution is 0.199. The maximum Gasteiger partial charge on any atom is 0.0486 e. The van der Waals surface area contributed by atoms with Crippen LogP contribution in [0.25, 0.3) is 0 Å². The second kappa shape index (κ2) is 6.68. The van der Waals surface area contributed by atoms with Gasteiger partial charge in [-0.25, -0.2) is 0 Å². The lowest BCUT2D eigenvalue weighted by Gasteiger charge is -2.39. The summed E-state index contributed by atoms with van der Waals surface area (Å²) < 4.78 is 0. The summed E-state index contributed by atoms with van der Waals surface area (Å²) in [5, 5.41) is 2.63. The summed E-state index contributed by atoms with van der Waals surface area (Å²) >= 11 is 14.3. The molecule has 2 N–H and O–H groups in total. The third-order valence-corrected chi connectivity index (χ3v) is 5.22. The van der Waals surface area contributed by atoms with E-state index in [1.54, 1.807) is 6.07 Å². The van der Waals surface area contributed by atoms with Crippen molar-refractivity contribution in [3.63, 3.8) is 0 Å². The van der Waals surface area contributed by atoms with E-state index in [0.29, 0.717) is 27.1 Å². The van der Waals surface area contributed by atoms with Gasteiger partial charge in [0, 0.05) is 46.2 Å². The Morgan fingerprint density at radius 2 is 1.95 bits per heavy atom. The van der Waals surface area contributed by atoms with Crippen LogP contribution in [0.1, 0.15) is 25.5 Å². The first-order valence-corrected chi connectivity index (χ1v) is 8.25. The molecule has 3 atom stereocenters. The van der Waals surface area contributed by atoms with Gasteiger partial charge in [0.1, 0.15) is 0 Å². The van der Waals surface area contributed by atoms with Crippen LogP contribution in [-0.4, -0.2) is 35.0 Å². The van der Waals surface area contributed by atoms with Crippen molar-refractivity contribution >= 4 is 35.0 Å². The van der Waals surface area contributed by atoms with E-state index < -0.39 is 0 Å². The highest BCUT2D eigenvalue weighted by Gasteiger charge is 2.29. The van der Waals surface area contributed by atoms with E-state index >= 15 is 0 Å². The zero-order chi connectivity index (χ0) is 14.0. The zero-order valence-electron chi connectivity index (χ0n) is 11.3. The Labute approximate surface area is 129 Å². The summed E-state index contributed by atoms with van der Waals surface area (Å²) in [5.74, 6) is 0. The van der Waals surface area contributed by atoms with Crippen molar-refractivity contribution in [3.8, 4) is 0 Å². The van der Waals surface area contributed by atoms with E-state index in [9.17, 15) is 0 Å². The predicted octanol–water partition coefficient (Wildman–Crippen LogP) is 3.82. The highest BCUT2D eigenvalue weighted by molar-refractivity contribution is 8.00. The van der Waals surface area contributed by atoms with Crippen molar-refractivity contribution in [2.75, 3.05) is 19.6 Å². The summed E-state index contributed by atoms with van der Waals surface area (Å²) in [6.45, 7) is 7.21. The van der Waals surface area contributed by atoms with Crippen LogP contribution < -0.4 is 5.73 Å². The van der Waals surface area contributed by atoms with Crippen LogP contribution in [0.3, 0.4) is 0 Å². The van der Waals surface area contributed by atoms with Crippen LogP contribution in [0.4, 0.5) is 0 Å². The molecule has 5 heteroatoms. The van der Waals surface area contributed by atoms with Crippen molar-refractivity contribution < 1.29 is 0 Å². The van der Waals surface area contributed by atoms with Gasteiger partial charge in [-0.15, -0.1) is 0 Å². The molecule has 1 aromatic carbocycles. The first-order chi connectivity index (χ1) is 9.01. The fourth-order valence-corrected chi connectivity index (χ4v) is 4.60. The Morgan fingerprint density at radius 1 is 1.32 bits per heavy atom. The molecule has 0 aliphatic carbocycles. The minimum atomic E-state index is 0.176. The molecule has 0 radical (unpaired) electrons. The number of thioether (sulfide) groups is 1. The summed E-state index contributed by atoms with van der Waals surface area (Å²) in [7, 11) is 0. The van der Waals surface area contributed by atoms with E-state index in [1.165, 1.54) is 0 Å². The van der Waals surface area contributed by atoms with E-state index in [-0.39, 0.29) is 6.04 Å². The van der Waals surface area contributed by atoms with Crippen molar-refractivity contribution in [3.05, 3.63) is 33.8 Å². The monoisotopic (exact) mass is 318 g/mol. The summed E-state index contributed by atoms with van der Waals surface area (Å²) in [4.78, 5) is 2.45. The molecule has 0 bridgehead atoms. The molecule has 0 saturated carbocycles. The molecule has 1 aliphatic heterocycles. The van der Waals surface area contributed by atoms with E-state index in [2.05, 4.69) is 18.7 Å². The fourth-order valence-electron chi connectivity index (χ4n) is 2.72. The van der Waals surface area contributed by atoms with Gasteiger partial charge in [-0.2, -0.15) is 11.8 Å². The molecule has 0 spiro atoms. The molecule has 19 heavy (non-hydrogen) atoms. The van der Waals surface area contributed by atoms with Crippen LogP contribution >= 0.6 is 35.0 Å². The predicted molar refractivity (Wildman–Crippen MR) is 86.3 cm³/mol. The Morgan fingerprint density at radius 3 is 2.47 bits per heavy atom. The molecule has 0 aromatic heterocycles. The number of hydrogen-bond acceptors (Lipinski definition) is 3. The van der Waals surface area contributed by atoms with Gasteiger partial charge in [0.25, 0.3) is 0 Å². The lowest BCUT2D eigenvalue weighted by Crippen LogP contribution is -2.44. The number of nitrogens with two attached hydrogens (primary N) is 1.